The highest BCUT2D eigenvalue weighted by atomic mass is 32.1. The SMILES string of the molecule is CCC(NC1c2ccccc2OCC1C)c1cccs1. The second-order valence-electron chi connectivity index (χ2n) is 5.45. The smallest absolute Gasteiger partial charge is 0.124 e. The zero-order chi connectivity index (χ0) is 13.9. The van der Waals surface area contributed by atoms with Crippen LogP contribution in [-0.4, -0.2) is 6.61 Å². The molecule has 1 N–H and O–H groups in total. The van der Waals surface area contributed by atoms with Crippen molar-refractivity contribution in [2.45, 2.75) is 32.4 Å². The Bertz CT molecular complexity index is 552. The Morgan fingerprint density at radius 3 is 2.90 bits per heavy atom. The van der Waals surface area contributed by atoms with Gasteiger partial charge in [0.1, 0.15) is 5.75 Å². The number of nitrogens with one attached hydrogen (secondary N) is 1. The summed E-state index contributed by atoms with van der Waals surface area (Å²) in [6.07, 6.45) is 1.10. The molecule has 2 heterocycles. The lowest BCUT2D eigenvalue weighted by Crippen LogP contribution is -2.35. The van der Waals surface area contributed by atoms with Gasteiger partial charge in [0.2, 0.25) is 0 Å². The van der Waals surface area contributed by atoms with Gasteiger partial charge in [-0.25, -0.2) is 0 Å². The van der Waals surface area contributed by atoms with E-state index in [-0.39, 0.29) is 0 Å². The molecule has 3 unspecified atom stereocenters. The molecule has 1 aliphatic rings. The molecule has 3 atom stereocenters. The highest BCUT2D eigenvalue weighted by Crippen LogP contribution is 2.37. The van der Waals surface area contributed by atoms with Crippen LogP contribution >= 0.6 is 11.3 Å². The summed E-state index contributed by atoms with van der Waals surface area (Å²) in [7, 11) is 0. The van der Waals surface area contributed by atoms with Crippen molar-refractivity contribution in [1.82, 2.24) is 5.32 Å². The van der Waals surface area contributed by atoms with E-state index < -0.39 is 0 Å². The molecule has 106 valence electrons. The Hall–Kier alpha value is -1.32. The maximum absolute atomic E-state index is 5.83. The van der Waals surface area contributed by atoms with Crippen LogP contribution in [-0.2, 0) is 0 Å². The zero-order valence-corrected chi connectivity index (χ0v) is 12.8. The van der Waals surface area contributed by atoms with E-state index in [2.05, 4.69) is 54.9 Å². The molecule has 0 bridgehead atoms. The third kappa shape index (κ3) is 2.60. The quantitative estimate of drug-likeness (QED) is 0.890. The molecule has 3 rings (SSSR count). The fourth-order valence-corrected chi connectivity index (χ4v) is 3.72. The van der Waals surface area contributed by atoms with E-state index in [1.807, 2.05) is 17.4 Å². The largest absolute Gasteiger partial charge is 0.493 e. The van der Waals surface area contributed by atoms with Crippen molar-refractivity contribution in [3.05, 3.63) is 52.2 Å². The van der Waals surface area contributed by atoms with Crippen molar-refractivity contribution in [2.24, 2.45) is 5.92 Å². The molecular weight excluding hydrogens is 266 g/mol. The lowest BCUT2D eigenvalue weighted by Gasteiger charge is -2.34. The lowest BCUT2D eigenvalue weighted by molar-refractivity contribution is 0.180. The van der Waals surface area contributed by atoms with Crippen LogP contribution in [0.25, 0.3) is 0 Å². The molecule has 0 saturated carbocycles. The molecule has 2 nitrogen and oxygen atoms in total. The first kappa shape index (κ1) is 13.7. The number of benzene rings is 1. The van der Waals surface area contributed by atoms with Gasteiger partial charge in [-0.3, -0.25) is 0 Å². The van der Waals surface area contributed by atoms with Crippen LogP contribution in [0.4, 0.5) is 0 Å². The van der Waals surface area contributed by atoms with Crippen molar-refractivity contribution in [2.75, 3.05) is 6.61 Å². The number of thiophene rings is 1. The minimum atomic E-state index is 0.368. The summed E-state index contributed by atoms with van der Waals surface area (Å²) in [5.74, 6) is 1.52. The molecular formula is C17H21NOS. The summed E-state index contributed by atoms with van der Waals surface area (Å²) in [6, 6.07) is 13.5. The average molecular weight is 287 g/mol. The number of fused-ring (bicyclic) bond motifs is 1. The van der Waals surface area contributed by atoms with Gasteiger partial charge in [0.05, 0.1) is 6.61 Å². The van der Waals surface area contributed by atoms with Crippen molar-refractivity contribution in [3.8, 4) is 5.75 Å². The number of rotatable bonds is 4. The second-order valence-corrected chi connectivity index (χ2v) is 6.43. The van der Waals surface area contributed by atoms with Gasteiger partial charge < -0.3 is 10.1 Å². The van der Waals surface area contributed by atoms with Crippen molar-refractivity contribution in [1.29, 1.82) is 0 Å². The third-order valence-corrected chi connectivity index (χ3v) is 4.99. The third-order valence-electron chi connectivity index (χ3n) is 4.00. The van der Waals surface area contributed by atoms with Crippen molar-refractivity contribution >= 4 is 11.3 Å². The van der Waals surface area contributed by atoms with Gasteiger partial charge in [0.25, 0.3) is 0 Å². The first-order chi connectivity index (χ1) is 9.79. The Kier molecular flexibility index (Phi) is 4.08. The van der Waals surface area contributed by atoms with Gasteiger partial charge >= 0.3 is 0 Å². The Morgan fingerprint density at radius 2 is 2.15 bits per heavy atom. The van der Waals surface area contributed by atoms with Gasteiger partial charge in [0.15, 0.2) is 0 Å². The molecule has 0 radical (unpaired) electrons. The zero-order valence-electron chi connectivity index (χ0n) is 12.0. The molecule has 1 aromatic heterocycles. The molecule has 3 heteroatoms. The molecule has 2 aromatic rings. The summed E-state index contributed by atoms with van der Waals surface area (Å²) in [6.45, 7) is 5.29. The van der Waals surface area contributed by atoms with E-state index >= 15 is 0 Å². The number of ether oxygens (including phenoxy) is 1. The summed E-state index contributed by atoms with van der Waals surface area (Å²) >= 11 is 1.83. The molecule has 0 aliphatic carbocycles. The maximum atomic E-state index is 5.83. The molecule has 1 aliphatic heterocycles. The van der Waals surface area contributed by atoms with E-state index in [0.29, 0.717) is 18.0 Å². The van der Waals surface area contributed by atoms with Crippen LogP contribution in [0.5, 0.6) is 5.75 Å². The van der Waals surface area contributed by atoms with Gasteiger partial charge in [-0.15, -0.1) is 11.3 Å². The van der Waals surface area contributed by atoms with Gasteiger partial charge in [-0.05, 0) is 23.9 Å². The molecule has 0 spiro atoms. The van der Waals surface area contributed by atoms with E-state index in [4.69, 9.17) is 4.74 Å². The Labute approximate surface area is 124 Å². The molecule has 0 saturated heterocycles. The average Bonchev–Trinajstić information content (AvgIpc) is 3.00. The van der Waals surface area contributed by atoms with E-state index in [0.717, 1.165) is 18.8 Å². The van der Waals surface area contributed by atoms with E-state index in [9.17, 15) is 0 Å². The monoisotopic (exact) mass is 287 g/mol. The molecule has 0 amide bonds. The first-order valence-electron chi connectivity index (χ1n) is 7.30. The van der Waals surface area contributed by atoms with Crippen LogP contribution < -0.4 is 10.1 Å². The van der Waals surface area contributed by atoms with Crippen LogP contribution in [0, 0.1) is 5.92 Å². The first-order valence-corrected chi connectivity index (χ1v) is 8.18. The van der Waals surface area contributed by atoms with E-state index in [1.54, 1.807) is 0 Å². The molecule has 0 fully saturated rings. The predicted molar refractivity (Wildman–Crippen MR) is 84.3 cm³/mol. The van der Waals surface area contributed by atoms with Crippen LogP contribution in [0.3, 0.4) is 0 Å². The minimum absolute atomic E-state index is 0.368. The molecule has 20 heavy (non-hydrogen) atoms. The summed E-state index contributed by atoms with van der Waals surface area (Å²) in [4.78, 5) is 1.42. The topological polar surface area (TPSA) is 21.3 Å². The minimum Gasteiger partial charge on any atom is -0.493 e. The van der Waals surface area contributed by atoms with E-state index in [1.165, 1.54) is 10.4 Å². The summed E-state index contributed by atoms with van der Waals surface area (Å²) < 4.78 is 5.83. The molecule has 1 aromatic carbocycles. The fourth-order valence-electron chi connectivity index (χ4n) is 2.85. The van der Waals surface area contributed by atoms with Gasteiger partial charge in [-0.1, -0.05) is 38.1 Å². The normalized spacial score (nSPS) is 22.9. The van der Waals surface area contributed by atoms with Gasteiger partial charge in [-0.2, -0.15) is 0 Å². The fraction of sp³-hybridized carbons (Fsp3) is 0.412. The summed E-state index contributed by atoms with van der Waals surface area (Å²) in [5, 5.41) is 6.00. The second kappa shape index (κ2) is 5.98. The van der Waals surface area contributed by atoms with Crippen molar-refractivity contribution in [3.63, 3.8) is 0 Å². The highest BCUT2D eigenvalue weighted by Gasteiger charge is 2.29. The maximum Gasteiger partial charge on any atom is 0.124 e. The number of hydrogen-bond acceptors (Lipinski definition) is 3. The standard InChI is InChI=1S/C17H21NOS/c1-3-14(16-9-6-10-20-16)18-17-12(2)11-19-15-8-5-4-7-13(15)17/h4-10,12,14,17-18H,3,11H2,1-2H3. The van der Waals surface area contributed by atoms with Crippen LogP contribution in [0.1, 0.15) is 42.8 Å². The van der Waals surface area contributed by atoms with Crippen LogP contribution in [0.2, 0.25) is 0 Å². The predicted octanol–water partition coefficient (Wildman–Crippen LogP) is 4.56. The lowest BCUT2D eigenvalue weighted by atomic mass is 9.91. The Morgan fingerprint density at radius 1 is 1.30 bits per heavy atom. The summed E-state index contributed by atoms with van der Waals surface area (Å²) in [5.41, 5.74) is 1.29. The van der Waals surface area contributed by atoms with Gasteiger partial charge in [0, 0.05) is 28.4 Å². The Balaban J connectivity index is 1.86. The highest BCUT2D eigenvalue weighted by molar-refractivity contribution is 7.10. The van der Waals surface area contributed by atoms with Crippen molar-refractivity contribution < 1.29 is 4.74 Å². The number of hydrogen-bond donors (Lipinski definition) is 1. The number of para-hydroxylation sites is 1. The van der Waals surface area contributed by atoms with Crippen LogP contribution in [0.15, 0.2) is 41.8 Å².